The molecule has 0 aliphatic carbocycles. The Labute approximate surface area is 159 Å². The molecule has 0 amide bonds. The van der Waals surface area contributed by atoms with E-state index in [0.29, 0.717) is 5.56 Å². The van der Waals surface area contributed by atoms with E-state index in [-0.39, 0.29) is 28.4 Å². The Kier molecular flexibility index (Phi) is 5.06. The molecule has 2 aromatic rings. The number of hydrogen-bond acceptors (Lipinski definition) is 5. The van der Waals surface area contributed by atoms with E-state index in [0.717, 1.165) is 28.6 Å². The van der Waals surface area contributed by atoms with Crippen LogP contribution in [0.25, 0.3) is 0 Å². The third kappa shape index (κ3) is 3.93. The zero-order valence-corrected chi connectivity index (χ0v) is 16.0. The number of nitrogens with zero attached hydrogens (tertiary/aromatic N) is 1. The lowest BCUT2D eigenvalue weighted by molar-refractivity contribution is -0.274. The second kappa shape index (κ2) is 6.94. The summed E-state index contributed by atoms with van der Waals surface area (Å²) in [5, 5.41) is 0. The maximum absolute atomic E-state index is 12.9. The molecule has 0 bridgehead atoms. The second-order valence-electron chi connectivity index (χ2n) is 5.85. The molecule has 2 aromatic carbocycles. The molecule has 0 atom stereocenters. The van der Waals surface area contributed by atoms with Crippen LogP contribution in [0.4, 0.5) is 18.9 Å². The summed E-state index contributed by atoms with van der Waals surface area (Å²) >= 11 is 0. The van der Waals surface area contributed by atoms with Crippen LogP contribution in [-0.4, -0.2) is 36.8 Å². The molecular weight excluding hydrogens is 421 g/mol. The van der Waals surface area contributed by atoms with E-state index in [4.69, 9.17) is 0 Å². The van der Waals surface area contributed by atoms with Gasteiger partial charge in [-0.1, -0.05) is 6.07 Å². The van der Waals surface area contributed by atoms with Crippen molar-refractivity contribution in [2.45, 2.75) is 22.6 Å². The van der Waals surface area contributed by atoms with Gasteiger partial charge in [-0.15, -0.1) is 13.2 Å². The fourth-order valence-corrected chi connectivity index (χ4v) is 5.16. The minimum absolute atomic E-state index is 0.00595. The number of ether oxygens (including phenoxy) is 1. The third-order valence-corrected chi connectivity index (χ3v) is 7.33. The summed E-state index contributed by atoms with van der Waals surface area (Å²) in [6.07, 6.45) is -4.68. The standard InChI is InChI=1S/C16H15F3N2O5S2/c1-20-27(22,23)13-5-6-15-11(9-13)7-8-21(15)28(24,25)14-4-2-3-12(10-14)26-16(17,18)19/h2-6,9-10,20H,7-8H2,1H3. The first-order valence-electron chi connectivity index (χ1n) is 7.89. The Balaban J connectivity index is 1.97. The summed E-state index contributed by atoms with van der Waals surface area (Å²) in [5.74, 6) is -0.650. The number of fused-ring (bicyclic) bond motifs is 1. The molecule has 1 N–H and O–H groups in total. The lowest BCUT2D eigenvalue weighted by atomic mass is 10.2. The number of alkyl halides is 3. The summed E-state index contributed by atoms with van der Waals surface area (Å²) in [5.41, 5.74) is 0.778. The van der Waals surface area contributed by atoms with Crippen LogP contribution in [0.3, 0.4) is 0 Å². The number of halogens is 3. The molecule has 1 heterocycles. The Morgan fingerprint density at radius 3 is 2.39 bits per heavy atom. The predicted molar refractivity (Wildman–Crippen MR) is 94.0 cm³/mol. The lowest BCUT2D eigenvalue weighted by Gasteiger charge is -2.20. The molecule has 0 saturated carbocycles. The number of anilines is 1. The summed E-state index contributed by atoms with van der Waals surface area (Å²) in [7, 11) is -6.59. The van der Waals surface area contributed by atoms with Crippen LogP contribution in [-0.2, 0) is 26.5 Å². The quantitative estimate of drug-likeness (QED) is 0.776. The highest BCUT2D eigenvalue weighted by atomic mass is 32.2. The van der Waals surface area contributed by atoms with Crippen molar-refractivity contribution >= 4 is 25.7 Å². The maximum Gasteiger partial charge on any atom is 0.573 e. The normalized spacial score (nSPS) is 14.8. The Hall–Kier alpha value is -2.31. The molecule has 28 heavy (non-hydrogen) atoms. The van der Waals surface area contributed by atoms with Crippen LogP contribution in [0.2, 0.25) is 0 Å². The molecule has 0 radical (unpaired) electrons. The molecule has 12 heteroatoms. The fraction of sp³-hybridized carbons (Fsp3) is 0.250. The maximum atomic E-state index is 12.9. The van der Waals surface area contributed by atoms with Gasteiger partial charge in [0.15, 0.2) is 0 Å². The molecule has 0 unspecified atom stereocenters. The molecule has 0 saturated heterocycles. The van der Waals surface area contributed by atoms with Crippen molar-refractivity contribution in [3.8, 4) is 5.75 Å². The van der Waals surface area contributed by atoms with Gasteiger partial charge in [-0.05, 0) is 49.4 Å². The van der Waals surface area contributed by atoms with E-state index in [1.165, 1.54) is 25.2 Å². The van der Waals surface area contributed by atoms with Crippen LogP contribution in [0.5, 0.6) is 5.75 Å². The predicted octanol–water partition coefficient (Wildman–Crippen LogP) is 2.24. The number of benzene rings is 2. The van der Waals surface area contributed by atoms with Crippen molar-refractivity contribution in [1.82, 2.24) is 4.72 Å². The van der Waals surface area contributed by atoms with Gasteiger partial charge in [0.25, 0.3) is 10.0 Å². The van der Waals surface area contributed by atoms with E-state index in [1.54, 1.807) is 0 Å². The summed E-state index contributed by atoms with van der Waals surface area (Å²) in [6, 6.07) is 8.10. The van der Waals surface area contributed by atoms with Crippen LogP contribution < -0.4 is 13.8 Å². The average molecular weight is 436 g/mol. The van der Waals surface area contributed by atoms with Gasteiger partial charge in [-0.2, -0.15) is 0 Å². The molecule has 0 fully saturated rings. The second-order valence-corrected chi connectivity index (χ2v) is 9.60. The molecule has 152 valence electrons. The van der Waals surface area contributed by atoms with Crippen molar-refractivity contribution in [3.05, 3.63) is 48.0 Å². The topological polar surface area (TPSA) is 92.8 Å². The van der Waals surface area contributed by atoms with Crippen molar-refractivity contribution in [3.63, 3.8) is 0 Å². The molecule has 1 aliphatic heterocycles. The van der Waals surface area contributed by atoms with Crippen molar-refractivity contribution in [1.29, 1.82) is 0 Å². The zero-order chi connectivity index (χ0) is 20.7. The Bertz CT molecular complexity index is 1120. The van der Waals surface area contributed by atoms with E-state index < -0.39 is 32.2 Å². The largest absolute Gasteiger partial charge is 0.573 e. The van der Waals surface area contributed by atoms with E-state index >= 15 is 0 Å². The number of hydrogen-bond donors (Lipinski definition) is 1. The zero-order valence-electron chi connectivity index (χ0n) is 14.4. The molecule has 3 rings (SSSR count). The van der Waals surface area contributed by atoms with Gasteiger partial charge in [0.2, 0.25) is 10.0 Å². The van der Waals surface area contributed by atoms with Gasteiger partial charge >= 0.3 is 6.36 Å². The summed E-state index contributed by atoms with van der Waals surface area (Å²) in [6.45, 7) is 0.0328. The van der Waals surface area contributed by atoms with Crippen LogP contribution >= 0.6 is 0 Å². The smallest absolute Gasteiger partial charge is 0.406 e. The number of nitrogens with one attached hydrogen (secondary N) is 1. The van der Waals surface area contributed by atoms with Gasteiger partial charge in [0.1, 0.15) is 5.75 Å². The molecule has 1 aliphatic rings. The van der Waals surface area contributed by atoms with Gasteiger partial charge in [-0.25, -0.2) is 21.6 Å². The minimum Gasteiger partial charge on any atom is -0.406 e. The monoisotopic (exact) mass is 436 g/mol. The Morgan fingerprint density at radius 1 is 1.04 bits per heavy atom. The highest BCUT2D eigenvalue weighted by Gasteiger charge is 2.34. The molecule has 7 nitrogen and oxygen atoms in total. The first kappa shape index (κ1) is 20.4. The van der Waals surface area contributed by atoms with Gasteiger partial charge in [0, 0.05) is 12.6 Å². The fourth-order valence-electron chi connectivity index (χ4n) is 2.84. The van der Waals surface area contributed by atoms with Gasteiger partial charge < -0.3 is 4.74 Å². The average Bonchev–Trinajstić information content (AvgIpc) is 3.04. The van der Waals surface area contributed by atoms with Crippen molar-refractivity contribution in [2.24, 2.45) is 0 Å². The third-order valence-electron chi connectivity index (χ3n) is 4.11. The van der Waals surface area contributed by atoms with Crippen LogP contribution in [0, 0.1) is 0 Å². The van der Waals surface area contributed by atoms with Crippen LogP contribution in [0.15, 0.2) is 52.3 Å². The molecule has 0 aromatic heterocycles. The summed E-state index contributed by atoms with van der Waals surface area (Å²) < 4.78 is 93.8. The summed E-state index contributed by atoms with van der Waals surface area (Å²) in [4.78, 5) is -0.373. The highest BCUT2D eigenvalue weighted by Crippen LogP contribution is 2.35. The number of sulfonamides is 2. The number of rotatable bonds is 5. The van der Waals surface area contributed by atoms with E-state index in [9.17, 15) is 30.0 Å². The lowest BCUT2D eigenvalue weighted by Crippen LogP contribution is -2.29. The minimum atomic E-state index is -4.95. The highest BCUT2D eigenvalue weighted by molar-refractivity contribution is 7.92. The Morgan fingerprint density at radius 2 is 1.75 bits per heavy atom. The first-order valence-corrected chi connectivity index (χ1v) is 10.8. The van der Waals surface area contributed by atoms with Crippen molar-refractivity contribution < 1.29 is 34.7 Å². The SMILES string of the molecule is CNS(=O)(=O)c1ccc2c(c1)CCN2S(=O)(=O)c1cccc(OC(F)(F)F)c1. The van der Waals surface area contributed by atoms with E-state index in [2.05, 4.69) is 9.46 Å². The van der Waals surface area contributed by atoms with E-state index in [1.807, 2.05) is 0 Å². The molecular formula is C16H15F3N2O5S2. The van der Waals surface area contributed by atoms with Gasteiger partial charge in [0.05, 0.1) is 15.5 Å². The first-order chi connectivity index (χ1) is 12.9. The van der Waals surface area contributed by atoms with Crippen molar-refractivity contribution in [2.75, 3.05) is 17.9 Å². The van der Waals surface area contributed by atoms with Crippen LogP contribution in [0.1, 0.15) is 5.56 Å². The van der Waals surface area contributed by atoms with Gasteiger partial charge in [-0.3, -0.25) is 4.31 Å². The molecule has 0 spiro atoms.